The lowest BCUT2D eigenvalue weighted by Crippen LogP contribution is -2.28. The number of anilines is 2. The number of hydrogen-bond acceptors (Lipinski definition) is 8. The Kier molecular flexibility index (Phi) is 7.09. The standard InChI is InChI=1S/C22H24N2O7/c1-29-21(27)16-7-3-4-10-24(19(16)22(28)30-2)18-12-14(20(25)26)8-9-17(18)23-13-15-6-5-11-31-15/h3-4,7-10,12,15,23H,5-6,11,13H2,1-2H3,(H,25,26). The van der Waals surface area contributed by atoms with Crippen LogP contribution in [0.4, 0.5) is 11.4 Å². The summed E-state index contributed by atoms with van der Waals surface area (Å²) in [5, 5.41) is 12.8. The zero-order chi connectivity index (χ0) is 22.4. The monoisotopic (exact) mass is 428 g/mol. The predicted octanol–water partition coefficient (Wildman–Crippen LogP) is 2.47. The molecular weight excluding hydrogens is 404 g/mol. The number of benzene rings is 1. The van der Waals surface area contributed by atoms with Crippen LogP contribution in [0.5, 0.6) is 0 Å². The molecule has 2 aliphatic rings. The Labute approximate surface area is 179 Å². The molecule has 1 saturated heterocycles. The SMILES string of the molecule is COC(=O)C1=C(C(=O)OC)N(c2cc(C(=O)O)ccc2NCC2CCCO2)C=CC=C1. The molecule has 0 bridgehead atoms. The van der Waals surface area contributed by atoms with Gasteiger partial charge in [-0.05, 0) is 43.2 Å². The molecule has 2 N–H and O–H groups in total. The zero-order valence-corrected chi connectivity index (χ0v) is 17.3. The van der Waals surface area contributed by atoms with Crippen LogP contribution in [0.15, 0.2) is 53.9 Å². The number of esters is 2. The Balaban J connectivity index is 2.11. The van der Waals surface area contributed by atoms with Gasteiger partial charge in [0, 0.05) is 19.4 Å². The number of carbonyl (C=O) groups excluding carboxylic acids is 2. The van der Waals surface area contributed by atoms with E-state index in [0.717, 1.165) is 12.8 Å². The van der Waals surface area contributed by atoms with Gasteiger partial charge in [-0.15, -0.1) is 0 Å². The second kappa shape index (κ2) is 9.94. The van der Waals surface area contributed by atoms with Gasteiger partial charge >= 0.3 is 17.9 Å². The molecule has 164 valence electrons. The molecule has 2 heterocycles. The lowest BCUT2D eigenvalue weighted by atomic mass is 10.1. The van der Waals surface area contributed by atoms with Gasteiger partial charge in [-0.2, -0.15) is 0 Å². The molecule has 31 heavy (non-hydrogen) atoms. The van der Waals surface area contributed by atoms with E-state index >= 15 is 0 Å². The molecule has 3 rings (SSSR count). The molecule has 0 aliphatic carbocycles. The molecule has 1 aromatic rings. The Morgan fingerprint density at radius 1 is 1.19 bits per heavy atom. The lowest BCUT2D eigenvalue weighted by molar-refractivity contribution is -0.139. The fraction of sp³-hybridized carbons (Fsp3) is 0.318. The number of hydrogen-bond donors (Lipinski definition) is 2. The van der Waals surface area contributed by atoms with E-state index in [0.29, 0.717) is 24.5 Å². The third-order valence-electron chi connectivity index (χ3n) is 4.94. The van der Waals surface area contributed by atoms with Crippen LogP contribution < -0.4 is 10.2 Å². The average Bonchev–Trinajstić information content (AvgIpc) is 3.21. The first-order chi connectivity index (χ1) is 15.0. The van der Waals surface area contributed by atoms with Crippen molar-refractivity contribution in [2.75, 3.05) is 37.6 Å². The minimum atomic E-state index is -1.12. The van der Waals surface area contributed by atoms with Gasteiger partial charge in [0.1, 0.15) is 5.70 Å². The van der Waals surface area contributed by atoms with Crippen molar-refractivity contribution in [2.24, 2.45) is 0 Å². The fourth-order valence-corrected chi connectivity index (χ4v) is 3.39. The summed E-state index contributed by atoms with van der Waals surface area (Å²) in [4.78, 5) is 38.1. The van der Waals surface area contributed by atoms with Crippen LogP contribution >= 0.6 is 0 Å². The molecule has 1 fully saturated rings. The van der Waals surface area contributed by atoms with Gasteiger partial charge in [0.15, 0.2) is 0 Å². The van der Waals surface area contributed by atoms with E-state index in [1.165, 1.54) is 37.3 Å². The van der Waals surface area contributed by atoms with Gasteiger partial charge in [-0.25, -0.2) is 14.4 Å². The molecule has 1 unspecified atom stereocenters. The first-order valence-electron chi connectivity index (χ1n) is 9.74. The van der Waals surface area contributed by atoms with Crippen LogP contribution in [0.25, 0.3) is 0 Å². The van der Waals surface area contributed by atoms with Gasteiger partial charge in [0.05, 0.1) is 42.8 Å². The number of carboxylic acid groups (broad SMARTS) is 1. The topological polar surface area (TPSA) is 114 Å². The smallest absolute Gasteiger partial charge is 0.355 e. The van der Waals surface area contributed by atoms with Crippen LogP contribution in [-0.4, -0.2) is 56.5 Å². The summed E-state index contributed by atoms with van der Waals surface area (Å²) in [6, 6.07) is 4.51. The summed E-state index contributed by atoms with van der Waals surface area (Å²) < 4.78 is 15.4. The number of carboxylic acids is 1. The number of rotatable bonds is 7. The highest BCUT2D eigenvalue weighted by atomic mass is 16.5. The number of carbonyl (C=O) groups is 3. The van der Waals surface area contributed by atoms with E-state index in [9.17, 15) is 19.5 Å². The number of nitrogens with zero attached hydrogens (tertiary/aromatic N) is 1. The van der Waals surface area contributed by atoms with Gasteiger partial charge in [-0.3, -0.25) is 0 Å². The third kappa shape index (κ3) is 4.95. The van der Waals surface area contributed by atoms with Gasteiger partial charge in [0.25, 0.3) is 0 Å². The van der Waals surface area contributed by atoms with Crippen LogP contribution in [0.2, 0.25) is 0 Å². The molecule has 0 spiro atoms. The maximum Gasteiger partial charge on any atom is 0.355 e. The van der Waals surface area contributed by atoms with Crippen molar-refractivity contribution in [1.82, 2.24) is 0 Å². The summed E-state index contributed by atoms with van der Waals surface area (Å²) in [5.74, 6) is -2.63. The Morgan fingerprint density at radius 3 is 2.61 bits per heavy atom. The molecule has 0 amide bonds. The highest BCUT2D eigenvalue weighted by Crippen LogP contribution is 2.34. The second-order valence-corrected chi connectivity index (χ2v) is 6.87. The molecule has 1 aromatic carbocycles. The fourth-order valence-electron chi connectivity index (χ4n) is 3.39. The van der Waals surface area contributed by atoms with E-state index in [-0.39, 0.29) is 22.9 Å². The first-order valence-corrected chi connectivity index (χ1v) is 9.74. The minimum absolute atomic E-state index is 0.0205. The molecule has 0 saturated carbocycles. The summed E-state index contributed by atoms with van der Waals surface area (Å²) in [7, 11) is 2.41. The summed E-state index contributed by atoms with van der Waals surface area (Å²) in [6.45, 7) is 1.21. The first kappa shape index (κ1) is 22.1. The largest absolute Gasteiger partial charge is 0.478 e. The van der Waals surface area contributed by atoms with Crippen molar-refractivity contribution >= 4 is 29.3 Å². The zero-order valence-electron chi connectivity index (χ0n) is 17.3. The maximum absolute atomic E-state index is 12.7. The van der Waals surface area contributed by atoms with Crippen molar-refractivity contribution < 1.29 is 33.7 Å². The Bertz CT molecular complexity index is 959. The predicted molar refractivity (Wildman–Crippen MR) is 113 cm³/mol. The molecule has 2 aliphatic heterocycles. The van der Waals surface area contributed by atoms with Crippen molar-refractivity contribution in [2.45, 2.75) is 18.9 Å². The highest BCUT2D eigenvalue weighted by molar-refractivity contribution is 6.06. The van der Waals surface area contributed by atoms with Crippen molar-refractivity contribution in [1.29, 1.82) is 0 Å². The summed E-state index contributed by atoms with van der Waals surface area (Å²) in [6.07, 6.45) is 8.13. The van der Waals surface area contributed by atoms with Gasteiger partial charge in [-0.1, -0.05) is 6.08 Å². The number of aromatic carboxylic acids is 1. The molecule has 9 nitrogen and oxygen atoms in total. The number of methoxy groups -OCH3 is 2. The van der Waals surface area contributed by atoms with Crippen molar-refractivity contribution in [3.63, 3.8) is 0 Å². The number of ether oxygens (including phenoxy) is 3. The molecular formula is C22H24N2O7. The molecule has 0 radical (unpaired) electrons. The average molecular weight is 428 g/mol. The maximum atomic E-state index is 12.7. The lowest BCUT2D eigenvalue weighted by Gasteiger charge is -2.26. The summed E-state index contributed by atoms with van der Waals surface area (Å²) in [5.41, 5.74) is 0.830. The summed E-state index contributed by atoms with van der Waals surface area (Å²) >= 11 is 0. The molecule has 1 atom stereocenters. The van der Waals surface area contributed by atoms with Gasteiger partial charge < -0.3 is 29.5 Å². The van der Waals surface area contributed by atoms with E-state index in [1.807, 2.05) is 0 Å². The minimum Gasteiger partial charge on any atom is -0.478 e. The molecule has 0 aromatic heterocycles. The van der Waals surface area contributed by atoms with E-state index < -0.39 is 17.9 Å². The highest BCUT2D eigenvalue weighted by Gasteiger charge is 2.29. The Hall–Kier alpha value is -3.59. The Morgan fingerprint density at radius 2 is 1.97 bits per heavy atom. The van der Waals surface area contributed by atoms with Gasteiger partial charge in [0.2, 0.25) is 0 Å². The normalized spacial score (nSPS) is 18.0. The van der Waals surface area contributed by atoms with Crippen LogP contribution in [-0.2, 0) is 23.8 Å². The van der Waals surface area contributed by atoms with E-state index in [1.54, 1.807) is 24.4 Å². The van der Waals surface area contributed by atoms with E-state index in [2.05, 4.69) is 5.32 Å². The van der Waals surface area contributed by atoms with Crippen LogP contribution in [0, 0.1) is 0 Å². The third-order valence-corrected chi connectivity index (χ3v) is 4.94. The number of nitrogens with one attached hydrogen (secondary N) is 1. The quantitative estimate of drug-likeness (QED) is 0.632. The van der Waals surface area contributed by atoms with Crippen molar-refractivity contribution in [3.05, 3.63) is 59.5 Å². The molecule has 9 heteroatoms. The van der Waals surface area contributed by atoms with E-state index in [4.69, 9.17) is 14.2 Å². The van der Waals surface area contributed by atoms with Crippen LogP contribution in [0.3, 0.4) is 0 Å². The van der Waals surface area contributed by atoms with Crippen molar-refractivity contribution in [3.8, 4) is 0 Å². The second-order valence-electron chi connectivity index (χ2n) is 6.87. The van der Waals surface area contributed by atoms with Crippen LogP contribution in [0.1, 0.15) is 23.2 Å². The number of allylic oxidation sites excluding steroid dienone is 2.